The first-order valence-electron chi connectivity index (χ1n) is 8.80. The number of aliphatic hydroxyl groups is 2. The maximum absolute atomic E-state index is 10.1. The second-order valence-electron chi connectivity index (χ2n) is 6.62. The van der Waals surface area contributed by atoms with Gasteiger partial charge in [-0.15, -0.1) is 0 Å². The lowest BCUT2D eigenvalue weighted by Gasteiger charge is -2.14. The highest BCUT2D eigenvalue weighted by molar-refractivity contribution is 5.78. The summed E-state index contributed by atoms with van der Waals surface area (Å²) in [5.41, 5.74) is 6.24. The predicted octanol–water partition coefficient (Wildman–Crippen LogP) is 2.77. The minimum Gasteiger partial charge on any atom is -0.496 e. The Bertz CT molecular complexity index is 1050. The van der Waals surface area contributed by atoms with Crippen LogP contribution >= 0.6 is 0 Å². The molecule has 0 amide bonds. The largest absolute Gasteiger partial charge is 0.496 e. The fourth-order valence-electron chi connectivity index (χ4n) is 4.16. The Kier molecular flexibility index (Phi) is 3.63. The minimum atomic E-state index is -0.164. The summed E-state index contributed by atoms with van der Waals surface area (Å²) in [6.45, 7) is -0.0792. The lowest BCUT2D eigenvalue weighted by molar-refractivity contribution is 0.174. The van der Waals surface area contributed by atoms with Gasteiger partial charge in [-0.1, -0.05) is 12.1 Å². The molecule has 3 aromatic rings. The van der Waals surface area contributed by atoms with E-state index in [9.17, 15) is 10.2 Å². The van der Waals surface area contributed by atoms with E-state index >= 15 is 0 Å². The summed E-state index contributed by atoms with van der Waals surface area (Å²) in [6.07, 6.45) is 0.657. The van der Waals surface area contributed by atoms with E-state index in [0.717, 1.165) is 45.1 Å². The van der Waals surface area contributed by atoms with E-state index < -0.39 is 0 Å². The van der Waals surface area contributed by atoms with E-state index in [2.05, 4.69) is 4.57 Å². The zero-order valence-electron chi connectivity index (χ0n) is 14.9. The molecule has 3 heterocycles. The molecular formula is C21H19NO5. The third-order valence-electron chi connectivity index (χ3n) is 5.34. The van der Waals surface area contributed by atoms with Gasteiger partial charge in [0, 0.05) is 34.9 Å². The quantitative estimate of drug-likeness (QED) is 0.582. The fraction of sp³-hybridized carbons (Fsp3) is 0.238. The summed E-state index contributed by atoms with van der Waals surface area (Å²) in [5.74, 6) is 2.16. The van der Waals surface area contributed by atoms with Crippen LogP contribution in [0.2, 0.25) is 0 Å². The van der Waals surface area contributed by atoms with E-state index in [1.54, 1.807) is 7.11 Å². The summed E-state index contributed by atoms with van der Waals surface area (Å²) in [4.78, 5) is 0. The second-order valence-corrected chi connectivity index (χ2v) is 6.62. The summed E-state index contributed by atoms with van der Waals surface area (Å²) in [7, 11) is 1.63. The number of hydrogen-bond donors (Lipinski definition) is 2. The van der Waals surface area contributed by atoms with Gasteiger partial charge in [-0.25, -0.2) is 0 Å². The van der Waals surface area contributed by atoms with Crippen LogP contribution in [0.1, 0.15) is 22.4 Å². The standard InChI is InChI=1S/C21H19NO5/c1-25-18-5-3-2-4-13(18)21-15(10-24)14(9-23)17-6-12-7-19-20(27-11-26-19)8-16(12)22(17)21/h2-5,7-8,23-24H,6,9-11H2,1H3. The first kappa shape index (κ1) is 16.2. The maximum Gasteiger partial charge on any atom is 0.231 e. The van der Waals surface area contributed by atoms with E-state index in [1.807, 2.05) is 36.4 Å². The van der Waals surface area contributed by atoms with Gasteiger partial charge in [0.05, 0.1) is 31.7 Å². The normalized spacial score (nSPS) is 13.6. The van der Waals surface area contributed by atoms with Crippen molar-refractivity contribution in [2.24, 2.45) is 0 Å². The molecule has 0 fully saturated rings. The number of aliphatic hydroxyl groups excluding tert-OH is 2. The Hall–Kier alpha value is -2.96. The van der Waals surface area contributed by atoms with Crippen LogP contribution < -0.4 is 14.2 Å². The molecule has 0 atom stereocenters. The van der Waals surface area contributed by atoms with Crippen LogP contribution in [0.5, 0.6) is 17.2 Å². The number of para-hydroxylation sites is 1. The lowest BCUT2D eigenvalue weighted by atomic mass is 10.0. The molecule has 1 aromatic heterocycles. The topological polar surface area (TPSA) is 73.1 Å². The fourth-order valence-corrected chi connectivity index (χ4v) is 4.16. The van der Waals surface area contributed by atoms with E-state index in [-0.39, 0.29) is 20.0 Å². The Morgan fingerprint density at radius 2 is 1.78 bits per heavy atom. The van der Waals surface area contributed by atoms with Crippen molar-refractivity contribution in [3.8, 4) is 34.2 Å². The van der Waals surface area contributed by atoms with Gasteiger partial charge in [0.25, 0.3) is 0 Å². The first-order valence-corrected chi connectivity index (χ1v) is 8.80. The van der Waals surface area contributed by atoms with Crippen LogP contribution in [0.4, 0.5) is 0 Å². The Labute approximate surface area is 156 Å². The average Bonchev–Trinajstić information content (AvgIpc) is 3.37. The Balaban J connectivity index is 1.83. The Morgan fingerprint density at radius 3 is 2.52 bits per heavy atom. The number of ether oxygens (including phenoxy) is 3. The van der Waals surface area contributed by atoms with E-state index in [4.69, 9.17) is 14.2 Å². The van der Waals surface area contributed by atoms with E-state index in [1.165, 1.54) is 0 Å². The molecule has 2 aromatic carbocycles. The van der Waals surface area contributed by atoms with Gasteiger partial charge in [0.15, 0.2) is 11.5 Å². The van der Waals surface area contributed by atoms with Gasteiger partial charge in [-0.05, 0) is 23.8 Å². The van der Waals surface area contributed by atoms with Crippen LogP contribution in [0.3, 0.4) is 0 Å². The van der Waals surface area contributed by atoms with Gasteiger partial charge < -0.3 is 29.0 Å². The summed E-state index contributed by atoms with van der Waals surface area (Å²) < 4.78 is 18.7. The molecule has 2 N–H and O–H groups in total. The van der Waals surface area contributed by atoms with Crippen LogP contribution in [0, 0.1) is 0 Å². The summed E-state index contributed by atoms with van der Waals surface area (Å²) >= 11 is 0. The van der Waals surface area contributed by atoms with Gasteiger partial charge in [-0.3, -0.25) is 0 Å². The van der Waals surface area contributed by atoms with E-state index in [0.29, 0.717) is 17.9 Å². The molecule has 6 heteroatoms. The molecular weight excluding hydrogens is 346 g/mol. The molecule has 2 aliphatic rings. The van der Waals surface area contributed by atoms with Crippen molar-refractivity contribution in [2.75, 3.05) is 13.9 Å². The van der Waals surface area contributed by atoms with Crippen LogP contribution in [0.25, 0.3) is 16.9 Å². The highest BCUT2D eigenvalue weighted by Crippen LogP contribution is 2.47. The molecule has 6 nitrogen and oxygen atoms in total. The van der Waals surface area contributed by atoms with Crippen LogP contribution in [-0.2, 0) is 19.6 Å². The third-order valence-corrected chi connectivity index (χ3v) is 5.34. The third kappa shape index (κ3) is 2.20. The molecule has 0 saturated carbocycles. The van der Waals surface area contributed by atoms with Crippen LogP contribution in [-0.4, -0.2) is 28.7 Å². The number of fused-ring (bicyclic) bond motifs is 4. The molecule has 27 heavy (non-hydrogen) atoms. The average molecular weight is 365 g/mol. The van der Waals surface area contributed by atoms with Gasteiger partial charge in [0.2, 0.25) is 6.79 Å². The SMILES string of the molecule is COc1ccccc1-c1c(CO)c(CO)c2n1-c1cc3c(cc1C2)OCO3. The van der Waals surface area contributed by atoms with Crippen molar-refractivity contribution in [3.05, 3.63) is 58.8 Å². The molecule has 0 spiro atoms. The molecule has 0 saturated heterocycles. The zero-order valence-corrected chi connectivity index (χ0v) is 14.9. The number of hydrogen-bond acceptors (Lipinski definition) is 5. The highest BCUT2D eigenvalue weighted by Gasteiger charge is 2.32. The molecule has 0 aliphatic carbocycles. The number of aromatic nitrogens is 1. The minimum absolute atomic E-state index is 0.138. The lowest BCUT2D eigenvalue weighted by Crippen LogP contribution is -2.00. The van der Waals surface area contributed by atoms with Gasteiger partial charge in [0.1, 0.15) is 5.75 Å². The van der Waals surface area contributed by atoms with Crippen molar-refractivity contribution in [3.63, 3.8) is 0 Å². The molecule has 138 valence electrons. The van der Waals surface area contributed by atoms with Crippen molar-refractivity contribution >= 4 is 0 Å². The van der Waals surface area contributed by atoms with Gasteiger partial charge in [-0.2, -0.15) is 0 Å². The summed E-state index contributed by atoms with van der Waals surface area (Å²) in [5, 5.41) is 20.1. The van der Waals surface area contributed by atoms with Crippen molar-refractivity contribution in [1.29, 1.82) is 0 Å². The maximum atomic E-state index is 10.1. The zero-order chi connectivity index (χ0) is 18.5. The van der Waals surface area contributed by atoms with Crippen molar-refractivity contribution in [1.82, 2.24) is 4.57 Å². The number of rotatable bonds is 4. The highest BCUT2D eigenvalue weighted by atomic mass is 16.7. The summed E-state index contributed by atoms with van der Waals surface area (Å²) in [6, 6.07) is 11.7. The van der Waals surface area contributed by atoms with Crippen LogP contribution in [0.15, 0.2) is 36.4 Å². The van der Waals surface area contributed by atoms with Gasteiger partial charge >= 0.3 is 0 Å². The second kappa shape index (κ2) is 6.04. The molecule has 0 bridgehead atoms. The number of benzene rings is 2. The number of methoxy groups -OCH3 is 1. The smallest absolute Gasteiger partial charge is 0.231 e. The molecule has 0 radical (unpaired) electrons. The molecule has 2 aliphatic heterocycles. The molecule has 5 rings (SSSR count). The van der Waals surface area contributed by atoms with Crippen molar-refractivity contribution < 1.29 is 24.4 Å². The monoisotopic (exact) mass is 365 g/mol. The Morgan fingerprint density at radius 1 is 1.04 bits per heavy atom. The first-order chi connectivity index (χ1) is 13.3. The number of nitrogens with zero attached hydrogens (tertiary/aromatic N) is 1. The predicted molar refractivity (Wildman–Crippen MR) is 98.5 cm³/mol. The molecule has 0 unspecified atom stereocenters. The van der Waals surface area contributed by atoms with Crippen molar-refractivity contribution in [2.45, 2.75) is 19.6 Å².